The maximum Gasteiger partial charge on any atom is 0.246 e. The van der Waals surface area contributed by atoms with Crippen LogP contribution in [0.3, 0.4) is 0 Å². The average Bonchev–Trinajstić information content (AvgIpc) is 3.13. The van der Waals surface area contributed by atoms with Crippen LogP contribution in [-0.4, -0.2) is 13.4 Å². The summed E-state index contributed by atoms with van der Waals surface area (Å²) >= 11 is 0. The maximum atomic E-state index is 2.53. The minimum absolute atomic E-state index is 0.0939. The summed E-state index contributed by atoms with van der Waals surface area (Å²) in [5, 5.41) is 0. The fourth-order valence-corrected chi connectivity index (χ4v) is 7.65. The number of hydrogen-bond acceptors (Lipinski definition) is 2. The summed E-state index contributed by atoms with van der Waals surface area (Å²) in [4.78, 5) is 4.93. The normalized spacial score (nSPS) is 13.0. The lowest BCUT2D eigenvalue weighted by atomic mass is 9.31. The Labute approximate surface area is 271 Å². The van der Waals surface area contributed by atoms with E-state index in [4.69, 9.17) is 0 Å². The third kappa shape index (κ3) is 4.22. The molecule has 0 aliphatic carbocycles. The summed E-state index contributed by atoms with van der Waals surface area (Å²) in [6.07, 6.45) is 0. The molecule has 2 nitrogen and oxygen atoms in total. The summed E-state index contributed by atoms with van der Waals surface area (Å²) in [5.41, 5.74) is 15.1. The monoisotopic (exact) mass is 584 g/mol. The number of nitrogens with zero attached hydrogens (tertiary/aromatic N) is 2. The van der Waals surface area contributed by atoms with Gasteiger partial charge in [-0.1, -0.05) is 150 Å². The molecule has 7 aromatic carbocycles. The minimum Gasteiger partial charge on any atom is -0.311 e. The molecule has 0 saturated heterocycles. The number of benzene rings is 7. The second-order valence-corrected chi connectivity index (χ2v) is 12.1. The number of anilines is 6. The Hall–Kier alpha value is -5.73. The molecule has 0 amide bonds. The molecule has 46 heavy (non-hydrogen) atoms. The van der Waals surface area contributed by atoms with Crippen LogP contribution in [0, 0.1) is 0 Å². The van der Waals surface area contributed by atoms with Gasteiger partial charge in [-0.2, -0.15) is 0 Å². The zero-order chi connectivity index (χ0) is 30.5. The molecule has 2 aliphatic heterocycles. The van der Waals surface area contributed by atoms with Crippen LogP contribution in [0.4, 0.5) is 34.1 Å². The van der Waals surface area contributed by atoms with Gasteiger partial charge in [0.15, 0.2) is 0 Å². The predicted molar refractivity (Wildman–Crippen MR) is 198 cm³/mol. The van der Waals surface area contributed by atoms with Crippen LogP contribution in [0.25, 0.3) is 0 Å². The van der Waals surface area contributed by atoms with Crippen LogP contribution in [0.1, 0.15) is 0 Å². The molecular formula is C42H30B2N2. The van der Waals surface area contributed by atoms with Crippen molar-refractivity contribution in [2.45, 2.75) is 0 Å². The molecular weight excluding hydrogens is 554 g/mol. The van der Waals surface area contributed by atoms with Crippen molar-refractivity contribution in [3.8, 4) is 0 Å². The van der Waals surface area contributed by atoms with Crippen LogP contribution < -0.4 is 42.6 Å². The molecule has 7 aromatic rings. The predicted octanol–water partition coefficient (Wildman–Crippen LogP) is 6.29. The molecule has 0 unspecified atom stereocenters. The van der Waals surface area contributed by atoms with Crippen LogP contribution in [0.2, 0.25) is 0 Å². The Morgan fingerprint density at radius 1 is 0.283 bits per heavy atom. The van der Waals surface area contributed by atoms with Gasteiger partial charge < -0.3 is 9.80 Å². The molecule has 4 heteroatoms. The lowest BCUT2D eigenvalue weighted by Gasteiger charge is -2.42. The van der Waals surface area contributed by atoms with E-state index in [0.717, 1.165) is 11.4 Å². The number of fused-ring (bicyclic) bond motifs is 4. The molecule has 214 valence electrons. The van der Waals surface area contributed by atoms with Crippen molar-refractivity contribution in [2.24, 2.45) is 0 Å². The molecule has 0 spiro atoms. The van der Waals surface area contributed by atoms with E-state index in [1.807, 2.05) is 0 Å². The van der Waals surface area contributed by atoms with Gasteiger partial charge in [0.25, 0.3) is 0 Å². The zero-order valence-corrected chi connectivity index (χ0v) is 25.4. The first-order valence-electron chi connectivity index (χ1n) is 16.0. The largest absolute Gasteiger partial charge is 0.311 e. The molecule has 0 bridgehead atoms. The van der Waals surface area contributed by atoms with E-state index in [2.05, 4.69) is 192 Å². The molecule has 2 aliphatic rings. The number of para-hydroxylation sites is 4. The van der Waals surface area contributed by atoms with E-state index in [0.29, 0.717) is 0 Å². The highest BCUT2D eigenvalue weighted by atomic mass is 15.2. The standard InChI is InChI=1S/C42H30B2N2/c1-5-17-31(18-6-1)43-35-25-13-15-27-39(35)45(33-21-9-3-10-22-33)41-30-42-38(29-37(41)43)44(32-19-7-2-8-20-32)36-26-14-16-28-40(36)46(42)34-23-11-4-12-24-34/h1-30H. The zero-order valence-electron chi connectivity index (χ0n) is 25.4. The number of rotatable bonds is 4. The van der Waals surface area contributed by atoms with Gasteiger partial charge in [0.2, 0.25) is 13.4 Å². The molecule has 0 radical (unpaired) electrons. The molecule has 0 aromatic heterocycles. The van der Waals surface area contributed by atoms with Crippen molar-refractivity contribution < 1.29 is 0 Å². The van der Waals surface area contributed by atoms with Gasteiger partial charge in [-0.3, -0.25) is 0 Å². The van der Waals surface area contributed by atoms with Crippen molar-refractivity contribution in [1.29, 1.82) is 0 Å². The van der Waals surface area contributed by atoms with E-state index in [-0.39, 0.29) is 13.4 Å². The van der Waals surface area contributed by atoms with E-state index in [1.54, 1.807) is 0 Å². The highest BCUT2D eigenvalue weighted by molar-refractivity contribution is 7.00. The van der Waals surface area contributed by atoms with Crippen LogP contribution >= 0.6 is 0 Å². The van der Waals surface area contributed by atoms with Gasteiger partial charge in [0, 0.05) is 34.1 Å². The van der Waals surface area contributed by atoms with Gasteiger partial charge in [0.1, 0.15) is 0 Å². The summed E-state index contributed by atoms with van der Waals surface area (Å²) < 4.78 is 0. The molecule has 2 heterocycles. The first-order chi connectivity index (χ1) is 22.9. The Bertz CT molecular complexity index is 1860. The Morgan fingerprint density at radius 3 is 1.04 bits per heavy atom. The summed E-state index contributed by atoms with van der Waals surface area (Å²) in [7, 11) is 0. The first kappa shape index (κ1) is 26.7. The molecule has 0 fully saturated rings. The summed E-state index contributed by atoms with van der Waals surface area (Å²) in [6, 6.07) is 66.5. The van der Waals surface area contributed by atoms with Crippen LogP contribution in [0.15, 0.2) is 182 Å². The van der Waals surface area contributed by atoms with E-state index in [9.17, 15) is 0 Å². The molecule has 9 rings (SSSR count). The van der Waals surface area contributed by atoms with Crippen LogP contribution in [-0.2, 0) is 0 Å². The topological polar surface area (TPSA) is 6.48 Å². The quantitative estimate of drug-likeness (QED) is 0.225. The average molecular weight is 584 g/mol. The van der Waals surface area contributed by atoms with Crippen molar-refractivity contribution in [3.05, 3.63) is 182 Å². The van der Waals surface area contributed by atoms with Gasteiger partial charge in [-0.15, -0.1) is 0 Å². The SMILES string of the molecule is c1ccc(B2c3ccccc3N(c3ccccc3)c3cc4c(cc32)B(c2ccccc2)c2ccccc2N4c2ccccc2)cc1. The van der Waals surface area contributed by atoms with E-state index < -0.39 is 0 Å². The van der Waals surface area contributed by atoms with Gasteiger partial charge in [-0.05, 0) is 64.3 Å². The van der Waals surface area contributed by atoms with Crippen LogP contribution in [0.5, 0.6) is 0 Å². The Morgan fingerprint density at radius 2 is 0.630 bits per heavy atom. The fourth-order valence-electron chi connectivity index (χ4n) is 7.65. The summed E-state index contributed by atoms with van der Waals surface area (Å²) in [5.74, 6) is 0. The van der Waals surface area contributed by atoms with E-state index in [1.165, 1.54) is 55.5 Å². The van der Waals surface area contributed by atoms with Crippen molar-refractivity contribution in [3.63, 3.8) is 0 Å². The number of hydrogen-bond donors (Lipinski definition) is 0. The first-order valence-corrected chi connectivity index (χ1v) is 16.0. The lowest BCUT2D eigenvalue weighted by molar-refractivity contribution is 1.26. The van der Waals surface area contributed by atoms with Gasteiger partial charge in [-0.25, -0.2) is 0 Å². The fraction of sp³-hybridized carbons (Fsp3) is 0. The lowest BCUT2D eigenvalue weighted by Crippen LogP contribution is -2.62. The van der Waals surface area contributed by atoms with E-state index >= 15 is 0 Å². The minimum atomic E-state index is 0.0939. The van der Waals surface area contributed by atoms with Crippen molar-refractivity contribution >= 4 is 80.3 Å². The highest BCUT2D eigenvalue weighted by Crippen LogP contribution is 2.41. The maximum absolute atomic E-state index is 2.53. The van der Waals surface area contributed by atoms with Crippen molar-refractivity contribution in [2.75, 3.05) is 9.80 Å². The molecule has 0 N–H and O–H groups in total. The third-order valence-corrected chi connectivity index (χ3v) is 9.55. The van der Waals surface area contributed by atoms with Gasteiger partial charge in [0.05, 0.1) is 0 Å². The smallest absolute Gasteiger partial charge is 0.246 e. The van der Waals surface area contributed by atoms with Gasteiger partial charge >= 0.3 is 0 Å². The third-order valence-electron chi connectivity index (χ3n) is 9.55. The van der Waals surface area contributed by atoms with Crippen molar-refractivity contribution in [1.82, 2.24) is 0 Å². The second-order valence-electron chi connectivity index (χ2n) is 12.1. The molecule has 0 saturated carbocycles. The molecule has 0 atom stereocenters. The second kappa shape index (κ2) is 11.0. The Kier molecular flexibility index (Phi) is 6.38. The highest BCUT2D eigenvalue weighted by Gasteiger charge is 2.41. The Balaban J connectivity index is 1.40. The summed E-state index contributed by atoms with van der Waals surface area (Å²) in [6.45, 7) is 0.188.